The molecule has 98 valence electrons. The number of terminal acetylenes is 1. The number of amides is 1. The molecule has 0 unspecified atom stereocenters. The maximum absolute atomic E-state index is 11.9. The first kappa shape index (κ1) is 13.2. The lowest BCUT2D eigenvalue weighted by molar-refractivity contribution is -0.146. The fourth-order valence-corrected chi connectivity index (χ4v) is 1.89. The van der Waals surface area contributed by atoms with E-state index in [4.69, 9.17) is 11.2 Å². The zero-order valence-electron chi connectivity index (χ0n) is 10.7. The molecule has 0 saturated heterocycles. The van der Waals surface area contributed by atoms with E-state index in [1.165, 1.54) is 7.11 Å². The molecule has 1 N–H and O–H groups in total. The summed E-state index contributed by atoms with van der Waals surface area (Å²) >= 11 is 0. The third-order valence-electron chi connectivity index (χ3n) is 3.37. The Hall–Kier alpha value is -2.28. The zero-order chi connectivity index (χ0) is 13.9. The van der Waals surface area contributed by atoms with Gasteiger partial charge in [-0.3, -0.25) is 9.59 Å². The highest BCUT2D eigenvalue weighted by Gasteiger charge is 2.51. The number of carbonyl (C=O) groups is 2. The molecule has 0 heterocycles. The van der Waals surface area contributed by atoms with E-state index in [-0.39, 0.29) is 11.9 Å². The minimum Gasteiger partial charge on any atom is -0.469 e. The predicted molar refractivity (Wildman–Crippen MR) is 70.4 cm³/mol. The molecule has 0 bridgehead atoms. The van der Waals surface area contributed by atoms with Gasteiger partial charge < -0.3 is 10.1 Å². The van der Waals surface area contributed by atoms with Crippen molar-refractivity contribution in [2.45, 2.75) is 12.8 Å². The first-order valence-electron chi connectivity index (χ1n) is 6.04. The second-order valence-corrected chi connectivity index (χ2v) is 4.68. The summed E-state index contributed by atoms with van der Waals surface area (Å²) in [6.45, 7) is 0.315. The molecule has 19 heavy (non-hydrogen) atoms. The molecule has 0 aromatic heterocycles. The first-order chi connectivity index (χ1) is 9.11. The van der Waals surface area contributed by atoms with Crippen molar-refractivity contribution in [3.05, 3.63) is 35.4 Å². The topological polar surface area (TPSA) is 55.4 Å². The lowest BCUT2D eigenvalue weighted by Crippen LogP contribution is -2.34. The van der Waals surface area contributed by atoms with Crippen LogP contribution in [0.5, 0.6) is 0 Å². The maximum Gasteiger partial charge on any atom is 0.313 e. The Morgan fingerprint density at radius 2 is 2.00 bits per heavy atom. The molecule has 0 spiro atoms. The van der Waals surface area contributed by atoms with Gasteiger partial charge in [0, 0.05) is 17.7 Å². The van der Waals surface area contributed by atoms with E-state index < -0.39 is 5.41 Å². The van der Waals surface area contributed by atoms with Crippen LogP contribution >= 0.6 is 0 Å². The van der Waals surface area contributed by atoms with Crippen molar-refractivity contribution in [1.29, 1.82) is 0 Å². The second-order valence-electron chi connectivity index (χ2n) is 4.68. The van der Waals surface area contributed by atoms with Crippen molar-refractivity contribution in [1.82, 2.24) is 5.32 Å². The molecule has 0 atom stereocenters. The lowest BCUT2D eigenvalue weighted by Gasteiger charge is -2.13. The number of esters is 1. The summed E-state index contributed by atoms with van der Waals surface area (Å²) in [5.74, 6) is 2.03. The van der Waals surface area contributed by atoms with Crippen molar-refractivity contribution in [2.75, 3.05) is 13.7 Å². The normalized spacial score (nSPS) is 15.2. The Bertz CT molecular complexity index is 536. The lowest BCUT2D eigenvalue weighted by atomic mass is 10.1. The number of carbonyl (C=O) groups excluding carboxylic acids is 2. The Labute approximate surface area is 112 Å². The fourth-order valence-electron chi connectivity index (χ4n) is 1.89. The van der Waals surface area contributed by atoms with Gasteiger partial charge in [-0.2, -0.15) is 0 Å². The Morgan fingerprint density at radius 3 is 2.47 bits per heavy atom. The van der Waals surface area contributed by atoms with Gasteiger partial charge in [0.15, 0.2) is 0 Å². The summed E-state index contributed by atoms with van der Waals surface area (Å²) < 4.78 is 4.73. The van der Waals surface area contributed by atoms with Crippen molar-refractivity contribution in [2.24, 2.45) is 5.41 Å². The van der Waals surface area contributed by atoms with E-state index in [1.807, 2.05) is 0 Å². The van der Waals surface area contributed by atoms with E-state index >= 15 is 0 Å². The zero-order valence-corrected chi connectivity index (χ0v) is 10.7. The van der Waals surface area contributed by atoms with Gasteiger partial charge in [-0.15, -0.1) is 6.42 Å². The largest absolute Gasteiger partial charge is 0.469 e. The molecule has 0 aliphatic heterocycles. The third-order valence-corrected chi connectivity index (χ3v) is 3.37. The monoisotopic (exact) mass is 257 g/mol. The summed E-state index contributed by atoms with van der Waals surface area (Å²) in [6.07, 6.45) is 6.77. The third kappa shape index (κ3) is 2.76. The molecule has 4 heteroatoms. The van der Waals surface area contributed by atoms with Gasteiger partial charge >= 0.3 is 5.97 Å². The van der Waals surface area contributed by atoms with Gasteiger partial charge in [0.05, 0.1) is 12.5 Å². The quantitative estimate of drug-likeness (QED) is 0.654. The van der Waals surface area contributed by atoms with Gasteiger partial charge in [0.25, 0.3) is 5.91 Å². The van der Waals surface area contributed by atoms with Crippen LogP contribution in [-0.2, 0) is 9.53 Å². The van der Waals surface area contributed by atoms with Crippen molar-refractivity contribution >= 4 is 11.9 Å². The number of benzene rings is 1. The standard InChI is InChI=1S/C15H15NO3/c1-3-11-4-6-12(7-5-11)13(17)16-10-15(8-9-15)14(18)19-2/h1,4-7H,8-10H2,2H3,(H,16,17). The van der Waals surface area contributed by atoms with Gasteiger partial charge in [-0.1, -0.05) is 5.92 Å². The predicted octanol–water partition coefficient (Wildman–Crippen LogP) is 1.35. The van der Waals surface area contributed by atoms with Crippen molar-refractivity contribution in [3.63, 3.8) is 0 Å². The molecule has 1 saturated carbocycles. The van der Waals surface area contributed by atoms with E-state index in [2.05, 4.69) is 11.2 Å². The Kier molecular flexibility index (Phi) is 3.57. The van der Waals surface area contributed by atoms with Gasteiger partial charge in [0.1, 0.15) is 0 Å². The van der Waals surface area contributed by atoms with Crippen LogP contribution in [0.3, 0.4) is 0 Å². The van der Waals surface area contributed by atoms with Gasteiger partial charge in [-0.05, 0) is 37.1 Å². The van der Waals surface area contributed by atoms with Crippen LogP contribution in [0.4, 0.5) is 0 Å². The van der Waals surface area contributed by atoms with Crippen LogP contribution in [0.15, 0.2) is 24.3 Å². The molecule has 1 aliphatic carbocycles. The number of nitrogens with one attached hydrogen (secondary N) is 1. The molecule has 2 rings (SSSR count). The molecule has 0 radical (unpaired) electrons. The molecule has 1 aliphatic rings. The highest BCUT2D eigenvalue weighted by Crippen LogP contribution is 2.46. The highest BCUT2D eigenvalue weighted by atomic mass is 16.5. The number of hydrogen-bond donors (Lipinski definition) is 1. The van der Waals surface area contributed by atoms with Gasteiger partial charge in [0.2, 0.25) is 0 Å². The van der Waals surface area contributed by atoms with E-state index in [1.54, 1.807) is 24.3 Å². The Balaban J connectivity index is 1.95. The number of hydrogen-bond acceptors (Lipinski definition) is 3. The molecule has 1 aromatic carbocycles. The van der Waals surface area contributed by atoms with Gasteiger partial charge in [-0.25, -0.2) is 0 Å². The summed E-state index contributed by atoms with van der Waals surface area (Å²) in [5, 5.41) is 2.76. The molecule has 1 amide bonds. The van der Waals surface area contributed by atoms with Crippen LogP contribution in [0, 0.1) is 17.8 Å². The fraction of sp³-hybridized carbons (Fsp3) is 0.333. The van der Waals surface area contributed by atoms with Crippen molar-refractivity contribution < 1.29 is 14.3 Å². The summed E-state index contributed by atoms with van der Waals surface area (Å²) in [7, 11) is 1.36. The van der Waals surface area contributed by atoms with Crippen LogP contribution in [-0.4, -0.2) is 25.5 Å². The number of ether oxygens (including phenoxy) is 1. The SMILES string of the molecule is C#Cc1ccc(C(=O)NCC2(C(=O)OC)CC2)cc1. The molecule has 1 fully saturated rings. The Morgan fingerprint density at radius 1 is 1.37 bits per heavy atom. The summed E-state index contributed by atoms with van der Waals surface area (Å²) in [5.41, 5.74) is 0.743. The van der Waals surface area contributed by atoms with E-state index in [9.17, 15) is 9.59 Å². The maximum atomic E-state index is 11.9. The van der Waals surface area contributed by atoms with Crippen LogP contribution in [0.25, 0.3) is 0 Å². The second kappa shape index (κ2) is 5.15. The average Bonchev–Trinajstić information content (AvgIpc) is 3.25. The smallest absolute Gasteiger partial charge is 0.313 e. The van der Waals surface area contributed by atoms with Crippen molar-refractivity contribution in [3.8, 4) is 12.3 Å². The van der Waals surface area contributed by atoms with Crippen LogP contribution in [0.1, 0.15) is 28.8 Å². The average molecular weight is 257 g/mol. The summed E-state index contributed by atoms with van der Waals surface area (Å²) in [4.78, 5) is 23.4. The van der Waals surface area contributed by atoms with E-state index in [0.717, 1.165) is 18.4 Å². The number of methoxy groups -OCH3 is 1. The molecular weight excluding hydrogens is 242 g/mol. The van der Waals surface area contributed by atoms with Crippen LogP contribution < -0.4 is 5.32 Å². The molecule has 1 aromatic rings. The minimum atomic E-state index is -0.511. The molecular formula is C15H15NO3. The minimum absolute atomic E-state index is 0.209. The first-order valence-corrected chi connectivity index (χ1v) is 6.04. The summed E-state index contributed by atoms with van der Waals surface area (Å²) in [6, 6.07) is 6.76. The van der Waals surface area contributed by atoms with E-state index in [0.29, 0.717) is 12.1 Å². The highest BCUT2D eigenvalue weighted by molar-refractivity contribution is 5.94. The molecule has 4 nitrogen and oxygen atoms in total. The van der Waals surface area contributed by atoms with Crippen LogP contribution in [0.2, 0.25) is 0 Å². The number of rotatable bonds is 4.